The first-order valence-electron chi connectivity index (χ1n) is 10.6. The second-order valence-corrected chi connectivity index (χ2v) is 8.25. The lowest BCUT2D eigenvalue weighted by Crippen LogP contribution is -2.51. The number of aliphatic hydroxyl groups is 1. The SMILES string of the molecule is C=CCOCC(O)CN1CCOC(CN(CC2CC2)C(=O)c2ccc(C)cc2)C1. The van der Waals surface area contributed by atoms with Crippen molar-refractivity contribution in [1.29, 1.82) is 0 Å². The molecule has 1 N–H and O–H groups in total. The molecule has 2 aliphatic rings. The summed E-state index contributed by atoms with van der Waals surface area (Å²) in [4.78, 5) is 17.2. The molecule has 0 radical (unpaired) electrons. The fourth-order valence-corrected chi connectivity index (χ4v) is 3.67. The van der Waals surface area contributed by atoms with Gasteiger partial charge in [-0.25, -0.2) is 0 Å². The normalized spacial score (nSPS) is 21.0. The van der Waals surface area contributed by atoms with Crippen LogP contribution in [0.4, 0.5) is 0 Å². The molecule has 1 amide bonds. The van der Waals surface area contributed by atoms with Crippen LogP contribution in [0.2, 0.25) is 0 Å². The first-order chi connectivity index (χ1) is 14.0. The Morgan fingerprint density at radius 3 is 2.83 bits per heavy atom. The quantitative estimate of drug-likeness (QED) is 0.454. The van der Waals surface area contributed by atoms with Crippen molar-refractivity contribution in [3.63, 3.8) is 0 Å². The van der Waals surface area contributed by atoms with Gasteiger partial charge in [0.15, 0.2) is 0 Å². The van der Waals surface area contributed by atoms with Crippen LogP contribution >= 0.6 is 0 Å². The number of rotatable bonds is 11. The first-order valence-corrected chi connectivity index (χ1v) is 10.6. The molecule has 29 heavy (non-hydrogen) atoms. The molecule has 2 unspecified atom stereocenters. The Morgan fingerprint density at radius 2 is 2.14 bits per heavy atom. The third-order valence-corrected chi connectivity index (χ3v) is 5.42. The van der Waals surface area contributed by atoms with Crippen LogP contribution in [0.15, 0.2) is 36.9 Å². The summed E-state index contributed by atoms with van der Waals surface area (Å²) >= 11 is 0. The standard InChI is InChI=1S/C23H34N2O4/c1-3-11-28-17-21(26)14-24-10-12-29-22(15-24)16-25(13-19-6-7-19)23(27)20-8-4-18(2)5-9-20/h3-5,8-9,19,21-22,26H,1,6-7,10-17H2,2H3. The van der Waals surface area contributed by atoms with Gasteiger partial charge in [0.2, 0.25) is 0 Å². The number of nitrogens with zero attached hydrogens (tertiary/aromatic N) is 2. The number of amides is 1. The van der Waals surface area contributed by atoms with E-state index in [1.54, 1.807) is 6.08 Å². The molecule has 1 aliphatic heterocycles. The molecular weight excluding hydrogens is 368 g/mol. The Hall–Kier alpha value is -1.73. The van der Waals surface area contributed by atoms with Crippen LogP contribution in [0, 0.1) is 12.8 Å². The van der Waals surface area contributed by atoms with Crippen molar-refractivity contribution in [2.45, 2.75) is 32.0 Å². The number of carbonyl (C=O) groups is 1. The third kappa shape index (κ3) is 7.23. The monoisotopic (exact) mass is 402 g/mol. The van der Waals surface area contributed by atoms with Crippen molar-refractivity contribution >= 4 is 5.91 Å². The third-order valence-electron chi connectivity index (χ3n) is 5.42. The van der Waals surface area contributed by atoms with E-state index in [4.69, 9.17) is 9.47 Å². The minimum Gasteiger partial charge on any atom is -0.389 e. The van der Waals surface area contributed by atoms with Crippen LogP contribution in [0.1, 0.15) is 28.8 Å². The highest BCUT2D eigenvalue weighted by atomic mass is 16.5. The Labute approximate surface area is 174 Å². The Balaban J connectivity index is 1.54. The van der Waals surface area contributed by atoms with E-state index in [-0.39, 0.29) is 12.0 Å². The van der Waals surface area contributed by atoms with Crippen molar-refractivity contribution in [1.82, 2.24) is 9.80 Å². The van der Waals surface area contributed by atoms with Crippen molar-refractivity contribution in [2.75, 3.05) is 52.5 Å². The lowest BCUT2D eigenvalue weighted by Gasteiger charge is -2.36. The molecule has 1 heterocycles. The fraction of sp³-hybridized carbons (Fsp3) is 0.609. The van der Waals surface area contributed by atoms with E-state index in [9.17, 15) is 9.90 Å². The van der Waals surface area contributed by atoms with E-state index in [0.29, 0.717) is 45.4 Å². The van der Waals surface area contributed by atoms with Gasteiger partial charge in [0.25, 0.3) is 5.91 Å². The second-order valence-electron chi connectivity index (χ2n) is 8.25. The van der Waals surface area contributed by atoms with E-state index < -0.39 is 6.10 Å². The molecule has 0 aromatic heterocycles. The number of hydrogen-bond acceptors (Lipinski definition) is 5. The molecule has 1 aromatic carbocycles. The lowest BCUT2D eigenvalue weighted by atomic mass is 10.1. The fourth-order valence-electron chi connectivity index (χ4n) is 3.67. The van der Waals surface area contributed by atoms with Gasteiger partial charge in [0.1, 0.15) is 0 Å². The van der Waals surface area contributed by atoms with E-state index in [1.165, 1.54) is 12.8 Å². The van der Waals surface area contributed by atoms with Gasteiger partial charge < -0.3 is 19.5 Å². The van der Waals surface area contributed by atoms with Gasteiger partial charge in [-0.1, -0.05) is 23.8 Å². The molecule has 1 saturated heterocycles. The zero-order valence-electron chi connectivity index (χ0n) is 17.5. The largest absolute Gasteiger partial charge is 0.389 e. The maximum atomic E-state index is 13.1. The Morgan fingerprint density at radius 1 is 1.38 bits per heavy atom. The number of carbonyl (C=O) groups excluding carboxylic acids is 1. The van der Waals surface area contributed by atoms with Gasteiger partial charge in [0, 0.05) is 38.3 Å². The summed E-state index contributed by atoms with van der Waals surface area (Å²) < 4.78 is 11.3. The number of ether oxygens (including phenoxy) is 2. The van der Waals surface area contributed by atoms with E-state index in [2.05, 4.69) is 11.5 Å². The summed E-state index contributed by atoms with van der Waals surface area (Å²) in [7, 11) is 0. The number of β-amino-alcohol motifs (C(OH)–C–C–N with tert-alkyl or cyclic N) is 1. The highest BCUT2D eigenvalue weighted by Crippen LogP contribution is 2.30. The molecule has 1 aliphatic carbocycles. The summed E-state index contributed by atoms with van der Waals surface area (Å²) in [6, 6.07) is 7.78. The molecule has 1 aromatic rings. The van der Waals surface area contributed by atoms with Crippen LogP contribution in [-0.2, 0) is 9.47 Å². The topological polar surface area (TPSA) is 62.2 Å². The zero-order valence-corrected chi connectivity index (χ0v) is 17.5. The number of hydrogen-bond donors (Lipinski definition) is 1. The van der Waals surface area contributed by atoms with Crippen LogP contribution in [0.25, 0.3) is 0 Å². The smallest absolute Gasteiger partial charge is 0.253 e. The van der Waals surface area contributed by atoms with Gasteiger partial charge in [-0.15, -0.1) is 6.58 Å². The number of morpholine rings is 1. The molecule has 0 bridgehead atoms. The van der Waals surface area contributed by atoms with Gasteiger partial charge in [-0.3, -0.25) is 9.69 Å². The maximum absolute atomic E-state index is 13.1. The van der Waals surface area contributed by atoms with E-state index in [0.717, 1.165) is 24.2 Å². The Bertz CT molecular complexity index is 659. The lowest BCUT2D eigenvalue weighted by molar-refractivity contribution is -0.0578. The van der Waals surface area contributed by atoms with Crippen LogP contribution in [-0.4, -0.2) is 85.6 Å². The predicted molar refractivity (Wildman–Crippen MR) is 113 cm³/mol. The molecule has 6 heteroatoms. The molecule has 2 atom stereocenters. The summed E-state index contributed by atoms with van der Waals surface area (Å²) in [5, 5.41) is 10.2. The van der Waals surface area contributed by atoms with Gasteiger partial charge >= 0.3 is 0 Å². The van der Waals surface area contributed by atoms with Crippen LogP contribution < -0.4 is 0 Å². The maximum Gasteiger partial charge on any atom is 0.253 e. The summed E-state index contributed by atoms with van der Waals surface area (Å²) in [6.07, 6.45) is 3.50. The summed E-state index contributed by atoms with van der Waals surface area (Å²) in [5.74, 6) is 0.698. The van der Waals surface area contributed by atoms with Crippen molar-refractivity contribution in [3.8, 4) is 0 Å². The molecule has 1 saturated carbocycles. The first kappa shape index (κ1) is 22.0. The summed E-state index contributed by atoms with van der Waals surface area (Å²) in [5.41, 5.74) is 1.89. The minimum absolute atomic E-state index is 0.0433. The number of aliphatic hydroxyl groups excluding tert-OH is 1. The number of benzene rings is 1. The minimum atomic E-state index is -0.537. The zero-order chi connectivity index (χ0) is 20.6. The highest BCUT2D eigenvalue weighted by Gasteiger charge is 2.31. The second kappa shape index (κ2) is 10.9. The average Bonchev–Trinajstić information content (AvgIpc) is 3.52. The average molecular weight is 403 g/mol. The van der Waals surface area contributed by atoms with Crippen LogP contribution in [0.5, 0.6) is 0 Å². The van der Waals surface area contributed by atoms with Gasteiger partial charge in [-0.2, -0.15) is 0 Å². The Kier molecular flexibility index (Phi) is 8.24. The van der Waals surface area contributed by atoms with Crippen molar-refractivity contribution in [2.24, 2.45) is 5.92 Å². The molecule has 3 rings (SSSR count). The highest BCUT2D eigenvalue weighted by molar-refractivity contribution is 5.94. The molecular formula is C23H34N2O4. The van der Waals surface area contributed by atoms with E-state index >= 15 is 0 Å². The van der Waals surface area contributed by atoms with Crippen molar-refractivity contribution in [3.05, 3.63) is 48.0 Å². The van der Waals surface area contributed by atoms with Crippen LogP contribution in [0.3, 0.4) is 0 Å². The van der Waals surface area contributed by atoms with Gasteiger partial charge in [-0.05, 0) is 37.8 Å². The molecule has 6 nitrogen and oxygen atoms in total. The van der Waals surface area contributed by atoms with Gasteiger partial charge in [0.05, 0.1) is 32.0 Å². The summed E-state index contributed by atoms with van der Waals surface area (Å²) in [6.45, 7) is 10.4. The molecule has 160 valence electrons. The molecule has 2 fully saturated rings. The van der Waals surface area contributed by atoms with E-state index in [1.807, 2.05) is 36.1 Å². The number of aryl methyl sites for hydroxylation is 1. The molecule has 0 spiro atoms. The van der Waals surface area contributed by atoms with Crippen molar-refractivity contribution < 1.29 is 19.4 Å². The predicted octanol–water partition coefficient (Wildman–Crippen LogP) is 2.11.